The van der Waals surface area contributed by atoms with Gasteiger partial charge in [0.1, 0.15) is 11.6 Å². The highest BCUT2D eigenvalue weighted by molar-refractivity contribution is 5.90. The fourth-order valence-electron chi connectivity index (χ4n) is 2.58. The number of carbonyl (C=O) groups is 1. The maximum atomic E-state index is 11.5. The Morgan fingerprint density at radius 2 is 2.18 bits per heavy atom. The lowest BCUT2D eigenvalue weighted by molar-refractivity contribution is 0.0594. The van der Waals surface area contributed by atoms with E-state index in [0.717, 1.165) is 35.7 Å². The monoisotopic (exact) mass is 295 g/mol. The average Bonchev–Trinajstić information content (AvgIpc) is 3.18. The van der Waals surface area contributed by atoms with Gasteiger partial charge >= 0.3 is 5.97 Å². The minimum absolute atomic E-state index is 0.246. The Hall–Kier alpha value is -2.89. The first-order chi connectivity index (χ1) is 10.7. The van der Waals surface area contributed by atoms with Crippen LogP contribution in [-0.2, 0) is 11.2 Å². The van der Waals surface area contributed by atoms with Crippen molar-refractivity contribution < 1.29 is 14.3 Å². The number of methoxy groups -OCH3 is 1. The summed E-state index contributed by atoms with van der Waals surface area (Å²) in [5, 5.41) is 0. The lowest BCUT2D eigenvalue weighted by Crippen LogP contribution is -2.03. The molecule has 6 heteroatoms. The summed E-state index contributed by atoms with van der Waals surface area (Å²) in [6.45, 7) is 0.725. The number of aromatic amines is 1. The molecule has 0 saturated carbocycles. The molecule has 1 aromatic carbocycles. The predicted octanol–water partition coefficient (Wildman–Crippen LogP) is 2.35. The molecular formula is C16H13N3O3. The number of imidazole rings is 1. The molecule has 2 aromatic heterocycles. The number of ether oxygens (including phenoxy) is 2. The SMILES string of the molecule is COC(=O)c1ccc2[nH]c(-c3ccc4c(c3)CCO4)nc2n1. The van der Waals surface area contributed by atoms with Gasteiger partial charge in [-0.15, -0.1) is 0 Å². The van der Waals surface area contributed by atoms with E-state index in [2.05, 4.69) is 25.8 Å². The molecule has 1 N–H and O–H groups in total. The van der Waals surface area contributed by atoms with Gasteiger partial charge < -0.3 is 14.5 Å². The van der Waals surface area contributed by atoms with Gasteiger partial charge in [-0.05, 0) is 35.9 Å². The number of H-pyrrole nitrogens is 1. The minimum Gasteiger partial charge on any atom is -0.493 e. The smallest absolute Gasteiger partial charge is 0.356 e. The van der Waals surface area contributed by atoms with Crippen molar-refractivity contribution in [2.45, 2.75) is 6.42 Å². The zero-order valence-corrected chi connectivity index (χ0v) is 11.9. The molecular weight excluding hydrogens is 282 g/mol. The fourth-order valence-corrected chi connectivity index (χ4v) is 2.58. The number of esters is 1. The second-order valence-electron chi connectivity index (χ2n) is 5.07. The third kappa shape index (κ3) is 2.00. The number of benzene rings is 1. The first kappa shape index (κ1) is 12.8. The van der Waals surface area contributed by atoms with Crippen LogP contribution in [0.15, 0.2) is 30.3 Å². The second kappa shape index (κ2) is 4.84. The first-order valence-electron chi connectivity index (χ1n) is 6.96. The van der Waals surface area contributed by atoms with E-state index in [1.807, 2.05) is 12.1 Å². The molecule has 6 nitrogen and oxygen atoms in total. The highest BCUT2D eigenvalue weighted by Crippen LogP contribution is 2.30. The average molecular weight is 295 g/mol. The molecule has 0 atom stereocenters. The zero-order chi connectivity index (χ0) is 15.1. The highest BCUT2D eigenvalue weighted by Gasteiger charge is 2.15. The van der Waals surface area contributed by atoms with Crippen molar-refractivity contribution in [2.75, 3.05) is 13.7 Å². The standard InChI is InChI=1S/C16H13N3O3/c1-21-16(20)12-4-3-11-15(18-12)19-14(17-11)10-2-5-13-9(8-10)6-7-22-13/h2-5,8H,6-7H2,1H3,(H,17,18,19). The van der Waals surface area contributed by atoms with E-state index in [4.69, 9.17) is 4.74 Å². The second-order valence-corrected chi connectivity index (χ2v) is 5.07. The van der Waals surface area contributed by atoms with Gasteiger partial charge in [-0.1, -0.05) is 0 Å². The van der Waals surface area contributed by atoms with Crippen LogP contribution < -0.4 is 4.74 Å². The van der Waals surface area contributed by atoms with Crippen molar-refractivity contribution in [2.24, 2.45) is 0 Å². The van der Waals surface area contributed by atoms with Crippen LogP contribution in [0.4, 0.5) is 0 Å². The van der Waals surface area contributed by atoms with Crippen molar-refractivity contribution in [1.82, 2.24) is 15.0 Å². The number of pyridine rings is 1. The number of carbonyl (C=O) groups excluding carboxylic acids is 1. The molecule has 3 aromatic rings. The van der Waals surface area contributed by atoms with Crippen LogP contribution in [-0.4, -0.2) is 34.6 Å². The van der Waals surface area contributed by atoms with E-state index in [1.165, 1.54) is 12.7 Å². The molecule has 0 spiro atoms. The maximum absolute atomic E-state index is 11.5. The molecule has 0 amide bonds. The summed E-state index contributed by atoms with van der Waals surface area (Å²) in [7, 11) is 1.33. The Balaban J connectivity index is 1.77. The molecule has 1 aliphatic heterocycles. The van der Waals surface area contributed by atoms with E-state index in [-0.39, 0.29) is 5.69 Å². The van der Waals surface area contributed by atoms with Gasteiger partial charge in [-0.2, -0.15) is 0 Å². The number of nitrogens with zero attached hydrogens (tertiary/aromatic N) is 2. The number of nitrogens with one attached hydrogen (secondary N) is 1. The van der Waals surface area contributed by atoms with Gasteiger partial charge in [0.2, 0.25) is 0 Å². The Labute approximate surface area is 126 Å². The topological polar surface area (TPSA) is 77.1 Å². The van der Waals surface area contributed by atoms with Crippen LogP contribution in [0.5, 0.6) is 5.75 Å². The number of hydrogen-bond donors (Lipinski definition) is 1. The predicted molar refractivity (Wildman–Crippen MR) is 79.9 cm³/mol. The Kier molecular flexibility index (Phi) is 2.82. The van der Waals surface area contributed by atoms with E-state index in [1.54, 1.807) is 12.1 Å². The summed E-state index contributed by atoms with van der Waals surface area (Å²) >= 11 is 0. The van der Waals surface area contributed by atoms with Crippen molar-refractivity contribution in [3.05, 3.63) is 41.6 Å². The van der Waals surface area contributed by atoms with Crippen molar-refractivity contribution in [1.29, 1.82) is 0 Å². The molecule has 0 radical (unpaired) electrons. The van der Waals surface area contributed by atoms with Gasteiger partial charge in [0.15, 0.2) is 11.3 Å². The Morgan fingerprint density at radius 1 is 1.27 bits per heavy atom. The third-order valence-electron chi connectivity index (χ3n) is 3.70. The summed E-state index contributed by atoms with van der Waals surface area (Å²) in [6.07, 6.45) is 0.911. The summed E-state index contributed by atoms with van der Waals surface area (Å²) in [5.41, 5.74) is 3.67. The molecule has 3 heterocycles. The quantitative estimate of drug-likeness (QED) is 0.734. The minimum atomic E-state index is -0.471. The van der Waals surface area contributed by atoms with Crippen LogP contribution >= 0.6 is 0 Å². The maximum Gasteiger partial charge on any atom is 0.356 e. The van der Waals surface area contributed by atoms with Gasteiger partial charge in [-0.3, -0.25) is 0 Å². The molecule has 110 valence electrons. The Morgan fingerprint density at radius 3 is 3.05 bits per heavy atom. The van der Waals surface area contributed by atoms with Crippen LogP contribution in [0.3, 0.4) is 0 Å². The van der Waals surface area contributed by atoms with E-state index in [9.17, 15) is 4.79 Å². The number of hydrogen-bond acceptors (Lipinski definition) is 5. The molecule has 22 heavy (non-hydrogen) atoms. The summed E-state index contributed by atoms with van der Waals surface area (Å²) in [5.74, 6) is 1.19. The molecule has 1 aliphatic rings. The normalized spacial score (nSPS) is 13.0. The molecule has 0 fully saturated rings. The molecule has 0 aliphatic carbocycles. The van der Waals surface area contributed by atoms with Crippen molar-refractivity contribution in [3.8, 4) is 17.1 Å². The van der Waals surface area contributed by atoms with Crippen molar-refractivity contribution in [3.63, 3.8) is 0 Å². The van der Waals surface area contributed by atoms with Crippen LogP contribution in [0.2, 0.25) is 0 Å². The first-order valence-corrected chi connectivity index (χ1v) is 6.96. The summed E-state index contributed by atoms with van der Waals surface area (Å²) < 4.78 is 10.2. The van der Waals surface area contributed by atoms with E-state index < -0.39 is 5.97 Å². The van der Waals surface area contributed by atoms with Gasteiger partial charge in [-0.25, -0.2) is 14.8 Å². The highest BCUT2D eigenvalue weighted by atomic mass is 16.5. The third-order valence-corrected chi connectivity index (χ3v) is 3.70. The number of rotatable bonds is 2. The summed E-state index contributed by atoms with van der Waals surface area (Å²) in [6, 6.07) is 9.39. The molecule has 0 bridgehead atoms. The molecule has 0 saturated heterocycles. The van der Waals surface area contributed by atoms with Gasteiger partial charge in [0, 0.05) is 12.0 Å². The molecule has 0 unspecified atom stereocenters. The van der Waals surface area contributed by atoms with Gasteiger partial charge in [0.25, 0.3) is 0 Å². The number of fused-ring (bicyclic) bond motifs is 2. The largest absolute Gasteiger partial charge is 0.493 e. The van der Waals surface area contributed by atoms with Crippen molar-refractivity contribution >= 4 is 17.1 Å². The van der Waals surface area contributed by atoms with Gasteiger partial charge in [0.05, 0.1) is 19.2 Å². The summed E-state index contributed by atoms with van der Waals surface area (Å²) in [4.78, 5) is 23.4. The molecule has 4 rings (SSSR count). The van der Waals surface area contributed by atoms with Crippen LogP contribution in [0.1, 0.15) is 16.1 Å². The lowest BCUT2D eigenvalue weighted by Gasteiger charge is -2.00. The lowest BCUT2D eigenvalue weighted by atomic mass is 10.1. The van der Waals surface area contributed by atoms with Crippen LogP contribution in [0.25, 0.3) is 22.6 Å². The fraction of sp³-hybridized carbons (Fsp3) is 0.188. The van der Waals surface area contributed by atoms with E-state index in [0.29, 0.717) is 5.65 Å². The zero-order valence-electron chi connectivity index (χ0n) is 11.9. The Bertz CT molecular complexity index is 885. The van der Waals surface area contributed by atoms with Crippen LogP contribution in [0, 0.1) is 0 Å². The van der Waals surface area contributed by atoms with E-state index >= 15 is 0 Å². The number of aromatic nitrogens is 3.